The lowest BCUT2D eigenvalue weighted by Gasteiger charge is -2.34. The number of anilines is 1. The van der Waals surface area contributed by atoms with Crippen LogP contribution in [0.5, 0.6) is 0 Å². The minimum absolute atomic E-state index is 0. The molecule has 3 aliphatic rings. The first-order valence-electron chi connectivity index (χ1n) is 9.73. The van der Waals surface area contributed by atoms with Gasteiger partial charge in [-0.1, -0.05) is 6.07 Å². The summed E-state index contributed by atoms with van der Waals surface area (Å²) in [4.78, 5) is 13.8. The largest absolute Gasteiger partial charge is 0.373 e. The van der Waals surface area contributed by atoms with E-state index >= 15 is 0 Å². The first-order valence-corrected chi connectivity index (χ1v) is 9.73. The molecule has 3 saturated heterocycles. The van der Waals surface area contributed by atoms with Crippen LogP contribution in [0.3, 0.4) is 0 Å². The van der Waals surface area contributed by atoms with Crippen molar-refractivity contribution in [3.63, 3.8) is 0 Å². The van der Waals surface area contributed by atoms with Crippen molar-refractivity contribution in [1.82, 2.24) is 20.5 Å². The fourth-order valence-corrected chi connectivity index (χ4v) is 4.21. The molecule has 0 aromatic carbocycles. The second-order valence-corrected chi connectivity index (χ2v) is 7.56. The highest BCUT2D eigenvalue weighted by molar-refractivity contribution is 14.0. The molecule has 0 amide bonds. The lowest BCUT2D eigenvalue weighted by molar-refractivity contribution is 0.0992. The van der Waals surface area contributed by atoms with E-state index in [0.29, 0.717) is 18.2 Å². The van der Waals surface area contributed by atoms with Gasteiger partial charge in [-0.3, -0.25) is 4.99 Å². The lowest BCUT2D eigenvalue weighted by Crippen LogP contribution is -2.47. The number of halogens is 1. The molecule has 3 atom stereocenters. The van der Waals surface area contributed by atoms with E-state index in [4.69, 9.17) is 4.74 Å². The van der Waals surface area contributed by atoms with Crippen molar-refractivity contribution >= 4 is 35.8 Å². The van der Waals surface area contributed by atoms with Crippen LogP contribution in [-0.4, -0.2) is 74.4 Å². The quantitative estimate of drug-likeness (QED) is 0.382. The van der Waals surface area contributed by atoms with Crippen LogP contribution in [0.15, 0.2) is 23.3 Å². The van der Waals surface area contributed by atoms with Gasteiger partial charge in [0.2, 0.25) is 0 Å². The van der Waals surface area contributed by atoms with Gasteiger partial charge in [-0.15, -0.1) is 24.0 Å². The number of pyridine rings is 1. The number of rotatable bonds is 4. The second kappa shape index (κ2) is 9.38. The number of piperazine rings is 1. The van der Waals surface area contributed by atoms with Crippen molar-refractivity contribution in [2.45, 2.75) is 44.1 Å². The van der Waals surface area contributed by atoms with Crippen LogP contribution in [0, 0.1) is 0 Å². The highest BCUT2D eigenvalue weighted by Crippen LogP contribution is 2.34. The minimum atomic E-state index is 0. The third kappa shape index (κ3) is 4.83. The average Bonchev–Trinajstić information content (AvgIpc) is 3.29. The van der Waals surface area contributed by atoms with E-state index in [0.717, 1.165) is 57.3 Å². The van der Waals surface area contributed by atoms with Crippen molar-refractivity contribution in [3.05, 3.63) is 23.9 Å². The number of nitrogens with one attached hydrogen (secondary N) is 2. The highest BCUT2D eigenvalue weighted by atomic mass is 127. The first kappa shape index (κ1) is 20.6. The summed E-state index contributed by atoms with van der Waals surface area (Å²) >= 11 is 0. The van der Waals surface area contributed by atoms with Gasteiger partial charge >= 0.3 is 0 Å². The monoisotopic (exact) mass is 486 g/mol. The number of nitrogens with zero attached hydrogens (tertiary/aromatic N) is 4. The van der Waals surface area contributed by atoms with Crippen LogP contribution in [-0.2, 0) is 11.3 Å². The standard InChI is InChI=1S/C19H30N6O.HI/c1-20-19(23-16-12-15-5-6-17(16)26-15)22-13-14-4-3-7-21-18(14)25-10-8-24(2)9-11-25;/h3-4,7,15-17H,5-6,8-13H2,1-2H3,(H2,20,22,23);1H. The topological polar surface area (TPSA) is 65.0 Å². The molecule has 2 bridgehead atoms. The Kier molecular flexibility index (Phi) is 7.16. The summed E-state index contributed by atoms with van der Waals surface area (Å²) in [6.45, 7) is 4.93. The Balaban J connectivity index is 0.00000210. The normalized spacial score (nSPS) is 28.1. The number of likely N-dealkylation sites (N-methyl/N-ethyl adjacent to an activating group) is 1. The van der Waals surface area contributed by atoms with E-state index in [-0.39, 0.29) is 24.0 Å². The molecule has 0 spiro atoms. The summed E-state index contributed by atoms with van der Waals surface area (Å²) in [7, 11) is 4.00. The van der Waals surface area contributed by atoms with Crippen LogP contribution < -0.4 is 15.5 Å². The predicted molar refractivity (Wildman–Crippen MR) is 119 cm³/mol. The molecule has 27 heavy (non-hydrogen) atoms. The Morgan fingerprint density at radius 2 is 2.11 bits per heavy atom. The molecular formula is C19H31IN6O. The van der Waals surface area contributed by atoms with Gasteiger partial charge in [0.25, 0.3) is 0 Å². The fourth-order valence-electron chi connectivity index (χ4n) is 4.21. The van der Waals surface area contributed by atoms with E-state index in [1.54, 1.807) is 0 Å². The van der Waals surface area contributed by atoms with Gasteiger partial charge in [-0.2, -0.15) is 0 Å². The zero-order chi connectivity index (χ0) is 17.9. The van der Waals surface area contributed by atoms with Gasteiger partial charge in [0, 0.05) is 51.5 Å². The summed E-state index contributed by atoms with van der Waals surface area (Å²) in [5.74, 6) is 1.94. The molecule has 1 aromatic rings. The number of aliphatic imine (C=N–C) groups is 1. The molecule has 8 heteroatoms. The van der Waals surface area contributed by atoms with Crippen LogP contribution in [0.25, 0.3) is 0 Å². The molecule has 1 aromatic heterocycles. The number of fused-ring (bicyclic) bond motifs is 2. The van der Waals surface area contributed by atoms with Crippen molar-refractivity contribution < 1.29 is 4.74 Å². The molecule has 3 aliphatic heterocycles. The molecule has 3 fully saturated rings. The Labute approximate surface area is 179 Å². The Morgan fingerprint density at radius 3 is 2.78 bits per heavy atom. The van der Waals surface area contributed by atoms with Crippen LogP contribution in [0.2, 0.25) is 0 Å². The summed E-state index contributed by atoms with van der Waals surface area (Å²) in [5.41, 5.74) is 1.21. The smallest absolute Gasteiger partial charge is 0.191 e. The van der Waals surface area contributed by atoms with E-state index in [1.165, 1.54) is 12.0 Å². The maximum Gasteiger partial charge on any atom is 0.191 e. The number of guanidine groups is 1. The zero-order valence-electron chi connectivity index (χ0n) is 16.2. The Morgan fingerprint density at radius 1 is 1.30 bits per heavy atom. The van der Waals surface area contributed by atoms with Crippen molar-refractivity contribution in [1.29, 1.82) is 0 Å². The average molecular weight is 486 g/mol. The molecular weight excluding hydrogens is 455 g/mol. The summed E-state index contributed by atoms with van der Waals surface area (Å²) in [5, 5.41) is 7.01. The van der Waals surface area contributed by atoms with Crippen molar-refractivity contribution in [2.75, 3.05) is 45.2 Å². The SMILES string of the molecule is CN=C(NCc1cccnc1N1CCN(C)CC1)NC1CC2CCC1O2.I. The van der Waals surface area contributed by atoms with Gasteiger partial charge < -0.3 is 25.2 Å². The highest BCUT2D eigenvalue weighted by Gasteiger charge is 2.41. The summed E-state index contributed by atoms with van der Waals surface area (Å²) in [6.07, 6.45) is 6.13. The minimum Gasteiger partial charge on any atom is -0.373 e. The molecule has 0 radical (unpaired) electrons. The van der Waals surface area contributed by atoms with E-state index < -0.39 is 0 Å². The lowest BCUT2D eigenvalue weighted by atomic mass is 9.96. The maximum atomic E-state index is 5.93. The zero-order valence-corrected chi connectivity index (χ0v) is 18.6. The van der Waals surface area contributed by atoms with E-state index in [9.17, 15) is 0 Å². The molecule has 4 heterocycles. The molecule has 150 valence electrons. The number of ether oxygens (including phenoxy) is 1. The van der Waals surface area contributed by atoms with Crippen LogP contribution >= 0.6 is 24.0 Å². The number of hydrogen-bond donors (Lipinski definition) is 2. The van der Waals surface area contributed by atoms with Crippen LogP contribution in [0.1, 0.15) is 24.8 Å². The Hall–Kier alpha value is -1.13. The van der Waals surface area contributed by atoms with Gasteiger partial charge in [0.1, 0.15) is 5.82 Å². The molecule has 0 saturated carbocycles. The van der Waals surface area contributed by atoms with E-state index in [1.807, 2.05) is 19.3 Å². The van der Waals surface area contributed by atoms with Gasteiger partial charge in [0.15, 0.2) is 5.96 Å². The van der Waals surface area contributed by atoms with Gasteiger partial charge in [-0.05, 0) is 32.4 Å². The third-order valence-corrected chi connectivity index (χ3v) is 5.77. The molecule has 7 nitrogen and oxygen atoms in total. The summed E-state index contributed by atoms with van der Waals surface area (Å²) in [6, 6.07) is 4.55. The van der Waals surface area contributed by atoms with Crippen molar-refractivity contribution in [2.24, 2.45) is 4.99 Å². The van der Waals surface area contributed by atoms with Crippen LogP contribution in [0.4, 0.5) is 5.82 Å². The number of aromatic nitrogens is 1. The van der Waals surface area contributed by atoms with E-state index in [2.05, 4.69) is 43.5 Å². The van der Waals surface area contributed by atoms with Crippen molar-refractivity contribution in [3.8, 4) is 0 Å². The number of hydrogen-bond acceptors (Lipinski definition) is 5. The summed E-state index contributed by atoms with van der Waals surface area (Å²) < 4.78 is 5.93. The maximum absolute atomic E-state index is 5.93. The third-order valence-electron chi connectivity index (χ3n) is 5.77. The fraction of sp³-hybridized carbons (Fsp3) is 0.684. The first-order chi connectivity index (χ1) is 12.7. The molecule has 0 aliphatic carbocycles. The van der Waals surface area contributed by atoms with Gasteiger partial charge in [0.05, 0.1) is 18.2 Å². The Bertz CT molecular complexity index is 649. The second-order valence-electron chi connectivity index (χ2n) is 7.56. The molecule has 2 N–H and O–H groups in total. The predicted octanol–water partition coefficient (Wildman–Crippen LogP) is 1.44. The molecule has 4 rings (SSSR count). The molecule has 3 unspecified atom stereocenters. The van der Waals surface area contributed by atoms with Gasteiger partial charge in [-0.25, -0.2) is 4.98 Å².